The van der Waals surface area contributed by atoms with Gasteiger partial charge in [0.25, 0.3) is 5.91 Å². The molecule has 88 valence electrons. The van der Waals surface area contributed by atoms with E-state index < -0.39 is 0 Å². The molecule has 0 saturated carbocycles. The summed E-state index contributed by atoms with van der Waals surface area (Å²) in [6.45, 7) is 2.78. The topological polar surface area (TPSA) is 29.1 Å². The minimum Gasteiger partial charge on any atom is -0.351 e. The molecule has 1 aromatic rings. The van der Waals surface area contributed by atoms with Gasteiger partial charge in [0.1, 0.15) is 0 Å². The van der Waals surface area contributed by atoms with E-state index in [0.29, 0.717) is 17.4 Å². The Hall–Kier alpha value is 0.250. The Kier molecular flexibility index (Phi) is 6.13. The Labute approximate surface area is 122 Å². The molecule has 16 heavy (non-hydrogen) atoms. The van der Waals surface area contributed by atoms with Crippen molar-refractivity contribution in [2.75, 3.05) is 12.8 Å². The van der Waals surface area contributed by atoms with Gasteiger partial charge in [-0.3, -0.25) is 4.79 Å². The highest BCUT2D eigenvalue weighted by Crippen LogP contribution is 2.19. The largest absolute Gasteiger partial charge is 0.351 e. The molecule has 0 spiro atoms. The van der Waals surface area contributed by atoms with Crippen LogP contribution in [0.4, 0.5) is 0 Å². The summed E-state index contributed by atoms with van der Waals surface area (Å²) in [5.41, 5.74) is 0.695. The van der Waals surface area contributed by atoms with Crippen LogP contribution >= 0.6 is 50.3 Å². The minimum absolute atomic E-state index is 0.0220. The fourth-order valence-corrected chi connectivity index (χ4v) is 2.25. The number of rotatable bonds is 4. The van der Waals surface area contributed by atoms with E-state index in [0.717, 1.165) is 8.04 Å². The molecule has 5 heteroatoms. The monoisotopic (exact) mass is 413 g/mol. The van der Waals surface area contributed by atoms with Crippen LogP contribution in [-0.2, 0) is 0 Å². The van der Waals surface area contributed by atoms with Crippen LogP contribution in [0.1, 0.15) is 17.3 Å². The van der Waals surface area contributed by atoms with Gasteiger partial charge in [0.2, 0.25) is 0 Å². The highest BCUT2D eigenvalue weighted by Gasteiger charge is 2.11. The van der Waals surface area contributed by atoms with E-state index in [2.05, 4.69) is 50.8 Å². The number of carbonyl (C=O) groups excluding carboxylic acids is 1. The van der Waals surface area contributed by atoms with E-state index in [9.17, 15) is 4.79 Å². The van der Waals surface area contributed by atoms with Crippen molar-refractivity contribution in [3.63, 3.8) is 0 Å². The van der Waals surface area contributed by atoms with Gasteiger partial charge in [0, 0.05) is 19.8 Å². The van der Waals surface area contributed by atoms with Crippen LogP contribution in [0.2, 0.25) is 0 Å². The van der Waals surface area contributed by atoms with Crippen molar-refractivity contribution in [1.82, 2.24) is 5.32 Å². The van der Waals surface area contributed by atoms with E-state index in [4.69, 9.17) is 0 Å². The van der Waals surface area contributed by atoms with Gasteiger partial charge in [0.05, 0.1) is 5.56 Å². The molecule has 0 aliphatic heterocycles. The number of benzene rings is 1. The number of carbonyl (C=O) groups is 1. The molecular weight excluding hydrogens is 401 g/mol. The molecule has 0 fully saturated rings. The fraction of sp³-hybridized carbons (Fsp3) is 0.364. The van der Waals surface area contributed by atoms with Crippen LogP contribution in [0.5, 0.6) is 0 Å². The molecular formula is C11H13BrINOS. The van der Waals surface area contributed by atoms with Crippen molar-refractivity contribution in [2.24, 2.45) is 0 Å². The van der Waals surface area contributed by atoms with Crippen molar-refractivity contribution < 1.29 is 4.79 Å². The zero-order chi connectivity index (χ0) is 12.1. The van der Waals surface area contributed by atoms with Crippen molar-refractivity contribution in [1.29, 1.82) is 0 Å². The van der Waals surface area contributed by atoms with E-state index in [1.54, 1.807) is 11.8 Å². The molecule has 1 rings (SSSR count). The SMILES string of the molecule is CSC(C)CNC(=O)c1cc(I)ccc1Br. The minimum atomic E-state index is -0.0220. The third kappa shape index (κ3) is 4.25. The molecule has 2 nitrogen and oxygen atoms in total. The molecule has 1 N–H and O–H groups in total. The fourth-order valence-electron chi connectivity index (χ4n) is 1.09. The first kappa shape index (κ1) is 14.3. The van der Waals surface area contributed by atoms with Gasteiger partial charge in [0.15, 0.2) is 0 Å². The maximum atomic E-state index is 11.9. The van der Waals surface area contributed by atoms with Crippen molar-refractivity contribution in [3.05, 3.63) is 31.8 Å². The summed E-state index contributed by atoms with van der Waals surface area (Å²) in [6, 6.07) is 5.74. The standard InChI is InChI=1S/C11H13BrINOS/c1-7(16-2)6-14-11(15)9-5-8(13)3-4-10(9)12/h3-5,7H,6H2,1-2H3,(H,14,15). The van der Waals surface area contributed by atoms with Crippen LogP contribution in [0.3, 0.4) is 0 Å². The maximum absolute atomic E-state index is 11.9. The lowest BCUT2D eigenvalue weighted by atomic mass is 10.2. The third-order valence-corrected chi connectivity index (χ3v) is 4.46. The third-order valence-electron chi connectivity index (χ3n) is 2.13. The van der Waals surface area contributed by atoms with Gasteiger partial charge < -0.3 is 5.32 Å². The second-order valence-electron chi connectivity index (χ2n) is 3.38. The summed E-state index contributed by atoms with van der Waals surface area (Å²) in [7, 11) is 0. The van der Waals surface area contributed by atoms with Crippen molar-refractivity contribution >= 4 is 56.2 Å². The van der Waals surface area contributed by atoms with Gasteiger partial charge in [-0.05, 0) is 63.0 Å². The number of nitrogens with one attached hydrogen (secondary N) is 1. The number of halogens is 2. The van der Waals surface area contributed by atoms with Gasteiger partial charge in [-0.1, -0.05) is 6.92 Å². The number of hydrogen-bond donors (Lipinski definition) is 1. The highest BCUT2D eigenvalue weighted by atomic mass is 127. The van der Waals surface area contributed by atoms with Crippen molar-refractivity contribution in [3.8, 4) is 0 Å². The number of hydrogen-bond acceptors (Lipinski definition) is 2. The predicted molar refractivity (Wildman–Crippen MR) is 82.2 cm³/mol. The molecule has 1 atom stereocenters. The van der Waals surface area contributed by atoms with E-state index >= 15 is 0 Å². The summed E-state index contributed by atoms with van der Waals surface area (Å²) in [4.78, 5) is 11.9. The molecule has 0 saturated heterocycles. The summed E-state index contributed by atoms with van der Waals surface area (Å²) in [5, 5.41) is 3.36. The lowest BCUT2D eigenvalue weighted by molar-refractivity contribution is 0.0953. The molecule has 0 radical (unpaired) electrons. The quantitative estimate of drug-likeness (QED) is 0.765. The first-order valence-electron chi connectivity index (χ1n) is 4.80. The van der Waals surface area contributed by atoms with Crippen molar-refractivity contribution in [2.45, 2.75) is 12.2 Å². The van der Waals surface area contributed by atoms with E-state index in [-0.39, 0.29) is 5.91 Å². The van der Waals surface area contributed by atoms with Gasteiger partial charge in [-0.15, -0.1) is 0 Å². The predicted octanol–water partition coefficient (Wildman–Crippen LogP) is 3.54. The molecule has 1 aromatic carbocycles. The zero-order valence-corrected chi connectivity index (χ0v) is 13.6. The van der Waals surface area contributed by atoms with Crippen LogP contribution < -0.4 is 5.32 Å². The lowest BCUT2D eigenvalue weighted by Gasteiger charge is -2.11. The Bertz CT molecular complexity index is 386. The summed E-state index contributed by atoms with van der Waals surface area (Å²) in [6.07, 6.45) is 2.04. The molecule has 0 heterocycles. The molecule has 0 aromatic heterocycles. The normalized spacial score (nSPS) is 12.2. The molecule has 1 amide bonds. The Morgan fingerprint density at radius 1 is 1.62 bits per heavy atom. The second kappa shape index (κ2) is 6.86. The van der Waals surface area contributed by atoms with Gasteiger partial charge in [-0.25, -0.2) is 0 Å². The Balaban J connectivity index is 2.69. The highest BCUT2D eigenvalue weighted by molar-refractivity contribution is 14.1. The summed E-state index contributed by atoms with van der Waals surface area (Å²) < 4.78 is 1.89. The maximum Gasteiger partial charge on any atom is 0.252 e. The average molecular weight is 414 g/mol. The van der Waals surface area contributed by atoms with E-state index in [1.807, 2.05) is 24.5 Å². The molecule has 0 bridgehead atoms. The summed E-state index contributed by atoms with van der Waals surface area (Å²) >= 11 is 7.33. The number of thioether (sulfide) groups is 1. The van der Waals surface area contributed by atoms with Crippen LogP contribution in [0.15, 0.2) is 22.7 Å². The molecule has 0 aliphatic rings. The molecule has 0 aliphatic carbocycles. The Morgan fingerprint density at radius 3 is 2.94 bits per heavy atom. The summed E-state index contributed by atoms with van der Waals surface area (Å²) in [5.74, 6) is -0.0220. The zero-order valence-electron chi connectivity index (χ0n) is 9.09. The first-order chi connectivity index (χ1) is 7.54. The van der Waals surface area contributed by atoms with E-state index in [1.165, 1.54) is 0 Å². The first-order valence-corrected chi connectivity index (χ1v) is 7.96. The average Bonchev–Trinajstić information content (AvgIpc) is 2.28. The lowest BCUT2D eigenvalue weighted by Crippen LogP contribution is -2.29. The van der Waals surface area contributed by atoms with Crippen LogP contribution in [0.25, 0.3) is 0 Å². The second-order valence-corrected chi connectivity index (χ2v) is 6.76. The smallest absolute Gasteiger partial charge is 0.252 e. The van der Waals surface area contributed by atoms with Gasteiger partial charge in [-0.2, -0.15) is 11.8 Å². The Morgan fingerprint density at radius 2 is 2.31 bits per heavy atom. The molecule has 1 unspecified atom stereocenters. The number of amides is 1. The van der Waals surface area contributed by atoms with Crippen LogP contribution in [0, 0.1) is 3.57 Å². The van der Waals surface area contributed by atoms with Gasteiger partial charge >= 0.3 is 0 Å². The van der Waals surface area contributed by atoms with Crippen LogP contribution in [-0.4, -0.2) is 24.0 Å².